The number of nitrogens with zero attached hydrogens (tertiary/aromatic N) is 1. The third-order valence-electron chi connectivity index (χ3n) is 3.59. The van der Waals surface area contributed by atoms with E-state index in [1.54, 1.807) is 13.3 Å². The molecule has 0 aliphatic rings. The lowest BCUT2D eigenvalue weighted by molar-refractivity contribution is -0.116. The van der Waals surface area contributed by atoms with Gasteiger partial charge in [-0.15, -0.1) is 0 Å². The summed E-state index contributed by atoms with van der Waals surface area (Å²) in [4.78, 5) is 16.2. The number of hydrogen-bond acceptors (Lipinski definition) is 3. The van der Waals surface area contributed by atoms with Crippen molar-refractivity contribution in [3.8, 4) is 0 Å². The summed E-state index contributed by atoms with van der Waals surface area (Å²) in [5.74, 6) is 1.55. The van der Waals surface area contributed by atoms with Crippen LogP contribution in [-0.2, 0) is 11.2 Å². The first-order chi connectivity index (χ1) is 12.1. The first-order valence-corrected chi connectivity index (χ1v) is 8.90. The smallest absolute Gasteiger partial charge is 0.226 e. The Bertz CT molecular complexity index is 714. The van der Waals surface area contributed by atoms with Crippen LogP contribution in [0.15, 0.2) is 50.5 Å². The topological polar surface area (TPSA) is 78.7 Å². The molecule has 0 unspecified atom stereocenters. The third kappa shape index (κ3) is 6.62. The van der Waals surface area contributed by atoms with Crippen LogP contribution in [0.2, 0.25) is 0 Å². The number of guanidine groups is 1. The molecule has 1 amide bonds. The molecule has 1 heterocycles. The molecule has 0 radical (unpaired) electrons. The van der Waals surface area contributed by atoms with Crippen molar-refractivity contribution in [3.05, 3.63) is 52.4 Å². The van der Waals surface area contributed by atoms with Crippen LogP contribution in [-0.4, -0.2) is 32.0 Å². The molecule has 2 aromatic rings. The molecule has 134 valence electrons. The predicted molar refractivity (Wildman–Crippen MR) is 104 cm³/mol. The molecule has 0 fully saturated rings. The van der Waals surface area contributed by atoms with Gasteiger partial charge in [0.25, 0.3) is 0 Å². The van der Waals surface area contributed by atoms with Crippen molar-refractivity contribution in [2.75, 3.05) is 25.5 Å². The zero-order chi connectivity index (χ0) is 18.1. The van der Waals surface area contributed by atoms with E-state index < -0.39 is 0 Å². The number of carbonyl (C=O) groups excluding carboxylic acids is 1. The molecule has 0 atom stereocenters. The first-order valence-electron chi connectivity index (χ1n) is 8.11. The highest BCUT2D eigenvalue weighted by atomic mass is 79.9. The van der Waals surface area contributed by atoms with Crippen molar-refractivity contribution in [1.82, 2.24) is 10.6 Å². The van der Waals surface area contributed by atoms with Crippen molar-refractivity contribution in [2.24, 2.45) is 4.99 Å². The number of carbonyl (C=O) groups is 1. The fraction of sp³-hybridized carbons (Fsp3) is 0.333. The Morgan fingerprint density at radius 1 is 1.24 bits per heavy atom. The summed E-state index contributed by atoms with van der Waals surface area (Å²) in [6.07, 6.45) is 2.79. The molecule has 3 N–H and O–H groups in total. The Morgan fingerprint density at radius 2 is 2.04 bits per heavy atom. The molecule has 0 aliphatic carbocycles. The number of nitrogens with one attached hydrogen (secondary N) is 3. The Kier molecular flexibility index (Phi) is 7.53. The highest BCUT2D eigenvalue weighted by molar-refractivity contribution is 9.10. The molecule has 0 bridgehead atoms. The van der Waals surface area contributed by atoms with Crippen LogP contribution in [0.5, 0.6) is 0 Å². The second kappa shape index (κ2) is 9.88. The zero-order valence-electron chi connectivity index (χ0n) is 14.4. The summed E-state index contributed by atoms with van der Waals surface area (Å²) < 4.78 is 6.22. The van der Waals surface area contributed by atoms with Gasteiger partial charge in [0, 0.05) is 43.1 Å². The molecule has 0 saturated heterocycles. The van der Waals surface area contributed by atoms with Gasteiger partial charge in [0.1, 0.15) is 5.76 Å². The van der Waals surface area contributed by atoms with Crippen LogP contribution in [0.3, 0.4) is 0 Å². The Hall–Kier alpha value is -2.28. The molecule has 7 heteroatoms. The molecule has 25 heavy (non-hydrogen) atoms. The maximum atomic E-state index is 12.1. The van der Waals surface area contributed by atoms with Crippen molar-refractivity contribution >= 4 is 33.5 Å². The van der Waals surface area contributed by atoms with E-state index in [1.165, 1.54) is 0 Å². The van der Waals surface area contributed by atoms with E-state index >= 15 is 0 Å². The molecular formula is C18H23BrN4O2. The normalized spacial score (nSPS) is 11.2. The van der Waals surface area contributed by atoms with E-state index in [0.717, 1.165) is 27.9 Å². The fourth-order valence-electron chi connectivity index (χ4n) is 2.22. The lowest BCUT2D eigenvalue weighted by Gasteiger charge is -2.12. The first kappa shape index (κ1) is 19.1. The number of aryl methyl sites for hydroxylation is 1. The zero-order valence-corrected chi connectivity index (χ0v) is 16.0. The number of halogens is 1. The molecule has 2 rings (SSSR count). The van der Waals surface area contributed by atoms with E-state index in [4.69, 9.17) is 4.42 Å². The minimum atomic E-state index is -0.0419. The summed E-state index contributed by atoms with van der Waals surface area (Å²) in [7, 11) is 1.70. The van der Waals surface area contributed by atoms with Gasteiger partial charge in [-0.2, -0.15) is 0 Å². The van der Waals surface area contributed by atoms with Crippen molar-refractivity contribution in [3.63, 3.8) is 0 Å². The molecule has 0 aliphatic heterocycles. The van der Waals surface area contributed by atoms with Crippen molar-refractivity contribution in [1.29, 1.82) is 0 Å². The van der Waals surface area contributed by atoms with Gasteiger partial charge in [0.2, 0.25) is 5.91 Å². The van der Waals surface area contributed by atoms with Gasteiger partial charge in [0.05, 0.1) is 6.26 Å². The molecule has 6 nitrogen and oxygen atoms in total. The van der Waals surface area contributed by atoms with Crippen LogP contribution in [0.25, 0.3) is 0 Å². The monoisotopic (exact) mass is 406 g/mol. The molecule has 1 aromatic carbocycles. The fourth-order valence-corrected chi connectivity index (χ4v) is 2.58. The lowest BCUT2D eigenvalue weighted by Crippen LogP contribution is -2.39. The largest absolute Gasteiger partial charge is 0.469 e. The van der Waals surface area contributed by atoms with Crippen LogP contribution < -0.4 is 16.0 Å². The number of furan rings is 1. The molecule has 0 saturated carbocycles. The van der Waals surface area contributed by atoms with E-state index in [1.807, 2.05) is 37.3 Å². The highest BCUT2D eigenvalue weighted by Crippen LogP contribution is 2.20. The molecule has 1 aromatic heterocycles. The van der Waals surface area contributed by atoms with Crippen LogP contribution in [0.4, 0.5) is 5.69 Å². The lowest BCUT2D eigenvalue weighted by atomic mass is 10.2. The SMILES string of the molecule is CN=C(NCCC(=O)Nc1cc(Br)ccc1C)NCCc1ccco1. The van der Waals surface area contributed by atoms with Crippen LogP contribution in [0, 0.1) is 6.92 Å². The maximum Gasteiger partial charge on any atom is 0.226 e. The summed E-state index contributed by atoms with van der Waals surface area (Å²) in [5, 5.41) is 9.24. The van der Waals surface area contributed by atoms with E-state index in [0.29, 0.717) is 25.5 Å². The summed E-state index contributed by atoms with van der Waals surface area (Å²) in [6.45, 7) is 3.17. The van der Waals surface area contributed by atoms with Gasteiger partial charge in [-0.3, -0.25) is 9.79 Å². The van der Waals surface area contributed by atoms with E-state index in [2.05, 4.69) is 36.9 Å². The Morgan fingerprint density at radius 3 is 2.76 bits per heavy atom. The number of rotatable bonds is 7. The second-order valence-electron chi connectivity index (χ2n) is 5.51. The van der Waals surface area contributed by atoms with Crippen molar-refractivity contribution < 1.29 is 9.21 Å². The average Bonchev–Trinajstić information content (AvgIpc) is 3.10. The quantitative estimate of drug-likeness (QED) is 0.487. The highest BCUT2D eigenvalue weighted by Gasteiger charge is 2.06. The third-order valence-corrected chi connectivity index (χ3v) is 4.08. The minimum absolute atomic E-state index is 0.0419. The van der Waals surface area contributed by atoms with Gasteiger partial charge < -0.3 is 20.4 Å². The number of benzene rings is 1. The number of hydrogen-bond donors (Lipinski definition) is 3. The minimum Gasteiger partial charge on any atom is -0.469 e. The van der Waals surface area contributed by atoms with Gasteiger partial charge in [-0.25, -0.2) is 0 Å². The Labute approximate surface area is 156 Å². The number of aliphatic imine (C=N–C) groups is 1. The summed E-state index contributed by atoms with van der Waals surface area (Å²) >= 11 is 3.41. The van der Waals surface area contributed by atoms with Gasteiger partial charge in [0.15, 0.2) is 5.96 Å². The maximum absolute atomic E-state index is 12.1. The summed E-state index contributed by atoms with van der Waals surface area (Å²) in [5.41, 5.74) is 1.85. The van der Waals surface area contributed by atoms with Gasteiger partial charge >= 0.3 is 0 Å². The van der Waals surface area contributed by atoms with Crippen LogP contribution >= 0.6 is 15.9 Å². The second-order valence-corrected chi connectivity index (χ2v) is 6.43. The van der Waals surface area contributed by atoms with Gasteiger partial charge in [-0.1, -0.05) is 22.0 Å². The predicted octanol–water partition coefficient (Wildman–Crippen LogP) is 3.09. The Balaban J connectivity index is 1.69. The van der Waals surface area contributed by atoms with Crippen LogP contribution in [0.1, 0.15) is 17.7 Å². The van der Waals surface area contributed by atoms with E-state index in [9.17, 15) is 4.79 Å². The number of amides is 1. The molecular weight excluding hydrogens is 384 g/mol. The standard InChI is InChI=1S/C18H23BrN4O2/c1-13-5-6-14(19)12-16(13)23-17(24)8-10-22-18(20-2)21-9-7-15-4-3-11-25-15/h3-6,11-12H,7-10H2,1-2H3,(H,23,24)(H2,20,21,22). The summed E-state index contributed by atoms with van der Waals surface area (Å²) in [6, 6.07) is 9.61. The van der Waals surface area contributed by atoms with Gasteiger partial charge in [-0.05, 0) is 36.8 Å². The number of anilines is 1. The van der Waals surface area contributed by atoms with Crippen molar-refractivity contribution in [2.45, 2.75) is 19.8 Å². The molecule has 0 spiro atoms. The van der Waals surface area contributed by atoms with E-state index in [-0.39, 0.29) is 5.91 Å². The average molecular weight is 407 g/mol.